The highest BCUT2D eigenvalue weighted by molar-refractivity contribution is 7.99. The van der Waals surface area contributed by atoms with Crippen molar-refractivity contribution in [3.63, 3.8) is 0 Å². The fraction of sp³-hybridized carbons (Fsp3) is 0.267. The van der Waals surface area contributed by atoms with E-state index in [1.807, 2.05) is 12.1 Å². The van der Waals surface area contributed by atoms with E-state index in [9.17, 15) is 0 Å². The maximum atomic E-state index is 5.76. The van der Waals surface area contributed by atoms with Gasteiger partial charge in [-0.25, -0.2) is 15.0 Å². The number of anilines is 1. The summed E-state index contributed by atoms with van der Waals surface area (Å²) in [6, 6.07) is 5.49. The first kappa shape index (κ1) is 12.6. The molecule has 0 spiro atoms. The average Bonchev–Trinajstić information content (AvgIpc) is 2.89. The number of aryl methyl sites for hydroxylation is 1. The molecule has 21 heavy (non-hydrogen) atoms. The Labute approximate surface area is 126 Å². The third kappa shape index (κ3) is 2.35. The van der Waals surface area contributed by atoms with Gasteiger partial charge in [0.05, 0.1) is 0 Å². The third-order valence-corrected chi connectivity index (χ3v) is 4.56. The predicted octanol–water partition coefficient (Wildman–Crippen LogP) is 3.23. The first-order valence-corrected chi connectivity index (χ1v) is 7.78. The topological polar surface area (TPSA) is 77.8 Å². The molecule has 3 aromatic rings. The van der Waals surface area contributed by atoms with E-state index in [4.69, 9.17) is 10.2 Å². The van der Waals surface area contributed by atoms with E-state index >= 15 is 0 Å². The quantitative estimate of drug-likeness (QED) is 0.578. The molecule has 1 aromatic carbocycles. The van der Waals surface area contributed by atoms with Gasteiger partial charge in [0.25, 0.3) is 5.22 Å². The zero-order chi connectivity index (χ0) is 14.2. The molecule has 2 aromatic heterocycles. The van der Waals surface area contributed by atoms with Crippen molar-refractivity contribution in [2.75, 3.05) is 5.73 Å². The fourth-order valence-corrected chi connectivity index (χ4v) is 3.51. The highest BCUT2D eigenvalue weighted by atomic mass is 32.2. The minimum atomic E-state index is 0.599. The van der Waals surface area contributed by atoms with Crippen LogP contribution in [0.25, 0.3) is 11.1 Å². The molecule has 4 rings (SSSR count). The first-order chi connectivity index (χ1) is 10.3. The van der Waals surface area contributed by atoms with Gasteiger partial charge in [-0.05, 0) is 49.6 Å². The van der Waals surface area contributed by atoms with Gasteiger partial charge in [-0.15, -0.1) is 0 Å². The Balaban J connectivity index is 1.71. The molecule has 1 aliphatic rings. The number of aromatic nitrogens is 3. The number of benzene rings is 1. The van der Waals surface area contributed by atoms with Crippen LogP contribution in [0.4, 0.5) is 5.69 Å². The summed E-state index contributed by atoms with van der Waals surface area (Å²) in [6.45, 7) is 0. The molecule has 0 unspecified atom stereocenters. The summed E-state index contributed by atoms with van der Waals surface area (Å²) >= 11 is 1.46. The third-order valence-electron chi connectivity index (χ3n) is 3.66. The van der Waals surface area contributed by atoms with E-state index in [1.54, 1.807) is 12.4 Å². The van der Waals surface area contributed by atoms with Crippen LogP contribution in [0.5, 0.6) is 0 Å². The standard InChI is InChI=1S/C15H14N4OS/c16-9-5-6-12-13(7-9)20-15(19-12)21-14-10-3-1-2-4-11(10)17-8-18-14/h5-8H,1-4,16H2. The summed E-state index contributed by atoms with van der Waals surface area (Å²) in [6.07, 6.45) is 6.10. The molecule has 0 bridgehead atoms. The van der Waals surface area contributed by atoms with Gasteiger partial charge in [0.1, 0.15) is 16.9 Å². The Morgan fingerprint density at radius 1 is 1.14 bits per heavy atom. The fourth-order valence-electron chi connectivity index (χ4n) is 2.63. The molecule has 0 fully saturated rings. The van der Waals surface area contributed by atoms with Crippen LogP contribution in [0.3, 0.4) is 0 Å². The molecular formula is C15H14N4OS. The van der Waals surface area contributed by atoms with E-state index in [0.29, 0.717) is 16.5 Å². The molecule has 0 atom stereocenters. The van der Waals surface area contributed by atoms with Crippen molar-refractivity contribution in [3.05, 3.63) is 35.8 Å². The van der Waals surface area contributed by atoms with Gasteiger partial charge < -0.3 is 10.2 Å². The highest BCUT2D eigenvalue weighted by Gasteiger charge is 2.18. The van der Waals surface area contributed by atoms with Crippen LogP contribution in [0.1, 0.15) is 24.1 Å². The summed E-state index contributed by atoms with van der Waals surface area (Å²) in [5.41, 5.74) is 10.4. The number of hydrogen-bond donors (Lipinski definition) is 1. The van der Waals surface area contributed by atoms with Crippen LogP contribution in [0, 0.1) is 0 Å². The molecule has 0 aliphatic heterocycles. The molecule has 6 heteroatoms. The van der Waals surface area contributed by atoms with E-state index in [1.165, 1.54) is 35.9 Å². The van der Waals surface area contributed by atoms with Gasteiger partial charge in [0.15, 0.2) is 5.58 Å². The molecule has 106 valence electrons. The van der Waals surface area contributed by atoms with Gasteiger partial charge in [-0.2, -0.15) is 0 Å². The van der Waals surface area contributed by atoms with E-state index < -0.39 is 0 Å². The number of fused-ring (bicyclic) bond motifs is 2. The molecule has 2 heterocycles. The zero-order valence-corrected chi connectivity index (χ0v) is 12.2. The van der Waals surface area contributed by atoms with Crippen molar-refractivity contribution in [1.82, 2.24) is 15.0 Å². The van der Waals surface area contributed by atoms with E-state index in [2.05, 4.69) is 15.0 Å². The van der Waals surface area contributed by atoms with Gasteiger partial charge in [0.2, 0.25) is 0 Å². The van der Waals surface area contributed by atoms with Crippen LogP contribution >= 0.6 is 11.8 Å². The number of nitrogen functional groups attached to an aromatic ring is 1. The van der Waals surface area contributed by atoms with Gasteiger partial charge in [0, 0.05) is 23.0 Å². The zero-order valence-electron chi connectivity index (χ0n) is 11.4. The number of rotatable bonds is 2. The monoisotopic (exact) mass is 298 g/mol. The molecule has 1 aliphatic carbocycles. The highest BCUT2D eigenvalue weighted by Crippen LogP contribution is 2.34. The van der Waals surface area contributed by atoms with Gasteiger partial charge in [-0.1, -0.05) is 0 Å². The number of oxazole rings is 1. The van der Waals surface area contributed by atoms with Crippen LogP contribution in [0.2, 0.25) is 0 Å². The summed E-state index contributed by atoms with van der Waals surface area (Å²) in [5.74, 6) is 0. The smallest absolute Gasteiger partial charge is 0.263 e. The van der Waals surface area contributed by atoms with Gasteiger partial charge >= 0.3 is 0 Å². The number of hydrogen-bond acceptors (Lipinski definition) is 6. The molecule has 5 nitrogen and oxygen atoms in total. The Bertz CT molecular complexity index is 815. The maximum Gasteiger partial charge on any atom is 0.263 e. The van der Waals surface area contributed by atoms with Crippen molar-refractivity contribution in [2.45, 2.75) is 35.9 Å². The van der Waals surface area contributed by atoms with Crippen molar-refractivity contribution >= 4 is 28.5 Å². The molecule has 0 amide bonds. The number of nitrogens with two attached hydrogens (primary N) is 1. The summed E-state index contributed by atoms with van der Waals surface area (Å²) in [4.78, 5) is 13.3. The summed E-state index contributed by atoms with van der Waals surface area (Å²) in [7, 11) is 0. The predicted molar refractivity (Wildman–Crippen MR) is 81.2 cm³/mol. The minimum absolute atomic E-state index is 0.599. The second kappa shape index (κ2) is 5.04. The second-order valence-electron chi connectivity index (χ2n) is 5.12. The van der Waals surface area contributed by atoms with Crippen LogP contribution < -0.4 is 5.73 Å². The van der Waals surface area contributed by atoms with E-state index in [0.717, 1.165) is 23.4 Å². The lowest BCUT2D eigenvalue weighted by Crippen LogP contribution is -2.07. The van der Waals surface area contributed by atoms with Crippen LogP contribution in [-0.2, 0) is 12.8 Å². The molecule has 0 saturated carbocycles. The Hall–Kier alpha value is -2.08. The lowest BCUT2D eigenvalue weighted by molar-refractivity contribution is 0.489. The lowest BCUT2D eigenvalue weighted by Gasteiger charge is -2.15. The van der Waals surface area contributed by atoms with Crippen LogP contribution in [-0.4, -0.2) is 15.0 Å². The summed E-state index contributed by atoms with van der Waals surface area (Å²) in [5, 5.41) is 1.56. The van der Waals surface area contributed by atoms with E-state index in [-0.39, 0.29) is 0 Å². The average molecular weight is 298 g/mol. The largest absolute Gasteiger partial charge is 0.431 e. The maximum absolute atomic E-state index is 5.76. The van der Waals surface area contributed by atoms with Gasteiger partial charge in [-0.3, -0.25) is 0 Å². The lowest BCUT2D eigenvalue weighted by atomic mass is 9.98. The number of nitrogens with zero attached hydrogens (tertiary/aromatic N) is 3. The van der Waals surface area contributed by atoms with Crippen molar-refractivity contribution in [1.29, 1.82) is 0 Å². The Morgan fingerprint density at radius 2 is 2.05 bits per heavy atom. The SMILES string of the molecule is Nc1ccc2nc(Sc3ncnc4c3CCCC4)oc2c1. The van der Waals surface area contributed by atoms with Crippen molar-refractivity contribution in [2.24, 2.45) is 0 Å². The summed E-state index contributed by atoms with van der Waals surface area (Å²) < 4.78 is 5.76. The Morgan fingerprint density at radius 3 is 3.00 bits per heavy atom. The molecule has 0 saturated heterocycles. The Kier molecular flexibility index (Phi) is 3.03. The van der Waals surface area contributed by atoms with Crippen molar-refractivity contribution < 1.29 is 4.42 Å². The minimum Gasteiger partial charge on any atom is -0.431 e. The van der Waals surface area contributed by atoms with Crippen LogP contribution in [0.15, 0.2) is 39.2 Å². The van der Waals surface area contributed by atoms with Crippen molar-refractivity contribution in [3.8, 4) is 0 Å². The second-order valence-corrected chi connectivity index (χ2v) is 6.06. The molecule has 2 N–H and O–H groups in total. The molecular weight excluding hydrogens is 284 g/mol. The normalized spacial score (nSPS) is 14.3. The first-order valence-electron chi connectivity index (χ1n) is 6.96. The molecule has 0 radical (unpaired) electrons.